The summed E-state index contributed by atoms with van der Waals surface area (Å²) in [5, 5.41) is 0. The number of rotatable bonds is 4. The van der Waals surface area contributed by atoms with Gasteiger partial charge in [-0.15, -0.1) is 0 Å². The van der Waals surface area contributed by atoms with Crippen molar-refractivity contribution in [3.05, 3.63) is 35.4 Å². The second kappa shape index (κ2) is 5.77. The van der Waals surface area contributed by atoms with Gasteiger partial charge in [-0.2, -0.15) is 0 Å². The minimum Gasteiger partial charge on any atom is -0.0839 e. The monoisotopic (exact) mass is 306 g/mol. The molecule has 98 valence electrons. The smallest absolute Gasteiger partial charge is 0.0397 e. The molecule has 1 unspecified atom stereocenters. The zero-order chi connectivity index (χ0) is 12.4. The van der Waals surface area contributed by atoms with Crippen molar-refractivity contribution in [1.29, 1.82) is 0 Å². The van der Waals surface area contributed by atoms with Crippen molar-refractivity contribution < 1.29 is 0 Å². The first-order valence-corrected chi connectivity index (χ1v) is 8.48. The number of halogens is 1. The normalized spacial score (nSPS) is 22.9. The maximum absolute atomic E-state index is 3.85. The molecule has 0 nitrogen and oxygen atoms in total. The van der Waals surface area contributed by atoms with E-state index in [0.29, 0.717) is 4.83 Å². The molecule has 18 heavy (non-hydrogen) atoms. The zero-order valence-corrected chi connectivity index (χ0v) is 12.7. The van der Waals surface area contributed by atoms with Crippen molar-refractivity contribution in [3.8, 4) is 0 Å². The molecule has 0 heterocycles. The molecule has 3 rings (SSSR count). The van der Waals surface area contributed by atoms with E-state index in [9.17, 15) is 0 Å². The summed E-state index contributed by atoms with van der Waals surface area (Å²) < 4.78 is 0. The highest BCUT2D eigenvalue weighted by Crippen LogP contribution is 2.41. The lowest BCUT2D eigenvalue weighted by molar-refractivity contribution is 0.443. The van der Waals surface area contributed by atoms with E-state index in [4.69, 9.17) is 0 Å². The molecular weight excluding hydrogens is 284 g/mol. The van der Waals surface area contributed by atoms with Crippen LogP contribution in [0, 0.1) is 5.92 Å². The maximum atomic E-state index is 3.85. The van der Waals surface area contributed by atoms with Crippen LogP contribution in [0.3, 0.4) is 0 Å². The fourth-order valence-corrected chi connectivity index (χ4v) is 4.03. The predicted octanol–water partition coefficient (Wildman–Crippen LogP) is 5.97. The Morgan fingerprint density at radius 1 is 0.944 bits per heavy atom. The number of hydrogen-bond donors (Lipinski definition) is 0. The van der Waals surface area contributed by atoms with Crippen molar-refractivity contribution in [1.82, 2.24) is 0 Å². The second-order valence-electron chi connectivity index (χ2n) is 6.15. The molecule has 0 amide bonds. The van der Waals surface area contributed by atoms with E-state index in [-0.39, 0.29) is 0 Å². The van der Waals surface area contributed by atoms with Gasteiger partial charge < -0.3 is 0 Å². The Morgan fingerprint density at radius 2 is 1.61 bits per heavy atom. The summed E-state index contributed by atoms with van der Waals surface area (Å²) in [4.78, 5) is 0.574. The summed E-state index contributed by atoms with van der Waals surface area (Å²) in [5.74, 6) is 1.83. The van der Waals surface area contributed by atoms with Crippen LogP contribution < -0.4 is 0 Å². The Bertz CT molecular complexity index is 371. The van der Waals surface area contributed by atoms with E-state index in [0.717, 1.165) is 11.8 Å². The number of benzene rings is 1. The van der Waals surface area contributed by atoms with Crippen molar-refractivity contribution in [2.45, 2.75) is 62.1 Å². The lowest BCUT2D eigenvalue weighted by Gasteiger charge is -2.22. The third kappa shape index (κ3) is 3.17. The summed E-state index contributed by atoms with van der Waals surface area (Å²) in [6.45, 7) is 0. The topological polar surface area (TPSA) is 0 Å². The van der Waals surface area contributed by atoms with E-state index in [1.165, 1.54) is 56.9 Å². The molecule has 2 aliphatic carbocycles. The number of hydrogen-bond acceptors (Lipinski definition) is 0. The molecule has 0 aromatic heterocycles. The minimum atomic E-state index is 0.574. The SMILES string of the molecule is BrC(CC1CC1)c1ccc(C2CCCCC2)cc1. The van der Waals surface area contributed by atoms with Gasteiger partial charge in [0.25, 0.3) is 0 Å². The summed E-state index contributed by atoms with van der Waals surface area (Å²) in [6, 6.07) is 9.47. The van der Waals surface area contributed by atoms with Gasteiger partial charge in [0.05, 0.1) is 0 Å². The van der Waals surface area contributed by atoms with Crippen LogP contribution in [0.2, 0.25) is 0 Å². The van der Waals surface area contributed by atoms with Crippen LogP contribution in [-0.2, 0) is 0 Å². The Morgan fingerprint density at radius 3 is 2.22 bits per heavy atom. The standard InChI is InChI=1S/C17H23Br/c18-17(12-13-6-7-13)16-10-8-15(9-11-16)14-4-2-1-3-5-14/h8-11,13-14,17H,1-7,12H2. The van der Waals surface area contributed by atoms with Crippen LogP contribution in [0.25, 0.3) is 0 Å². The summed E-state index contributed by atoms with van der Waals surface area (Å²) >= 11 is 3.85. The van der Waals surface area contributed by atoms with Gasteiger partial charge >= 0.3 is 0 Å². The molecular formula is C17H23Br. The minimum absolute atomic E-state index is 0.574. The predicted molar refractivity (Wildman–Crippen MR) is 81.3 cm³/mol. The lowest BCUT2D eigenvalue weighted by atomic mass is 9.84. The summed E-state index contributed by atoms with van der Waals surface area (Å²) in [6.07, 6.45) is 11.3. The van der Waals surface area contributed by atoms with E-state index in [1.54, 1.807) is 5.56 Å². The lowest BCUT2D eigenvalue weighted by Crippen LogP contribution is -2.04. The van der Waals surface area contributed by atoms with E-state index in [1.807, 2.05) is 0 Å². The van der Waals surface area contributed by atoms with Crippen molar-refractivity contribution in [3.63, 3.8) is 0 Å². The van der Waals surface area contributed by atoms with Crippen LogP contribution in [0.5, 0.6) is 0 Å². The fourth-order valence-electron chi connectivity index (χ4n) is 3.20. The average molecular weight is 307 g/mol. The Hall–Kier alpha value is -0.300. The third-order valence-corrected chi connectivity index (χ3v) is 5.51. The van der Waals surface area contributed by atoms with Crippen LogP contribution in [0.15, 0.2) is 24.3 Å². The molecule has 0 radical (unpaired) electrons. The second-order valence-corrected chi connectivity index (χ2v) is 7.25. The zero-order valence-electron chi connectivity index (χ0n) is 11.1. The molecule has 0 spiro atoms. The molecule has 2 fully saturated rings. The molecule has 1 aromatic carbocycles. The summed E-state index contributed by atoms with van der Waals surface area (Å²) in [5.41, 5.74) is 3.05. The highest BCUT2D eigenvalue weighted by atomic mass is 79.9. The van der Waals surface area contributed by atoms with E-state index >= 15 is 0 Å². The van der Waals surface area contributed by atoms with Crippen molar-refractivity contribution in [2.75, 3.05) is 0 Å². The highest BCUT2D eigenvalue weighted by Gasteiger charge is 2.25. The molecule has 0 aliphatic heterocycles. The molecule has 1 aromatic rings. The number of alkyl halides is 1. The van der Waals surface area contributed by atoms with Gasteiger partial charge in [0, 0.05) is 4.83 Å². The average Bonchev–Trinajstić information content (AvgIpc) is 3.24. The van der Waals surface area contributed by atoms with E-state index < -0.39 is 0 Å². The molecule has 1 heteroatoms. The van der Waals surface area contributed by atoms with Gasteiger partial charge in [-0.3, -0.25) is 0 Å². The van der Waals surface area contributed by atoms with Gasteiger partial charge in [-0.05, 0) is 42.2 Å². The van der Waals surface area contributed by atoms with Crippen molar-refractivity contribution in [2.24, 2.45) is 5.92 Å². The molecule has 0 saturated heterocycles. The maximum Gasteiger partial charge on any atom is 0.0397 e. The van der Waals surface area contributed by atoms with Gasteiger partial charge in [0.2, 0.25) is 0 Å². The Labute approximate surface area is 119 Å². The molecule has 2 saturated carbocycles. The fraction of sp³-hybridized carbons (Fsp3) is 0.647. The van der Waals surface area contributed by atoms with Gasteiger partial charge in [0.1, 0.15) is 0 Å². The van der Waals surface area contributed by atoms with Crippen molar-refractivity contribution >= 4 is 15.9 Å². The first-order chi connectivity index (χ1) is 8.83. The van der Waals surface area contributed by atoms with E-state index in [2.05, 4.69) is 40.2 Å². The third-order valence-electron chi connectivity index (χ3n) is 4.61. The van der Waals surface area contributed by atoms with Crippen LogP contribution in [0.1, 0.15) is 73.2 Å². The Balaban J connectivity index is 1.63. The molecule has 1 atom stereocenters. The van der Waals surface area contributed by atoms with Gasteiger partial charge in [-0.1, -0.05) is 72.3 Å². The van der Waals surface area contributed by atoms with Crippen LogP contribution >= 0.6 is 15.9 Å². The first-order valence-electron chi connectivity index (χ1n) is 7.57. The summed E-state index contributed by atoms with van der Waals surface area (Å²) in [7, 11) is 0. The highest BCUT2D eigenvalue weighted by molar-refractivity contribution is 9.09. The van der Waals surface area contributed by atoms with Crippen LogP contribution in [-0.4, -0.2) is 0 Å². The first kappa shape index (κ1) is 12.7. The molecule has 2 aliphatic rings. The molecule has 0 N–H and O–H groups in total. The van der Waals surface area contributed by atoms with Gasteiger partial charge in [0.15, 0.2) is 0 Å². The Kier molecular flexibility index (Phi) is 4.08. The van der Waals surface area contributed by atoms with Gasteiger partial charge in [-0.25, -0.2) is 0 Å². The molecule has 0 bridgehead atoms. The largest absolute Gasteiger partial charge is 0.0839 e. The van der Waals surface area contributed by atoms with Crippen LogP contribution in [0.4, 0.5) is 0 Å². The quantitative estimate of drug-likeness (QED) is 0.601.